The number of hydrogen-bond donors (Lipinski definition) is 1. The van der Waals surface area contributed by atoms with Crippen LogP contribution in [0.5, 0.6) is 5.88 Å². The number of halogens is 1. The summed E-state index contributed by atoms with van der Waals surface area (Å²) in [6, 6.07) is 0. The highest BCUT2D eigenvalue weighted by Crippen LogP contribution is 2.29. The lowest BCUT2D eigenvalue weighted by Crippen LogP contribution is -2.28. The minimum Gasteiger partial charge on any atom is -0.475 e. The largest absolute Gasteiger partial charge is 0.475 e. The molecule has 6 nitrogen and oxygen atoms in total. The van der Waals surface area contributed by atoms with Crippen molar-refractivity contribution < 1.29 is 14.6 Å². The first-order valence-corrected chi connectivity index (χ1v) is 8.11. The molecule has 0 radical (unpaired) electrons. The molecule has 1 aliphatic heterocycles. The maximum atomic E-state index is 12.1. The van der Waals surface area contributed by atoms with Crippen molar-refractivity contribution in [2.75, 3.05) is 4.43 Å². The summed E-state index contributed by atoms with van der Waals surface area (Å²) in [7, 11) is 0. The van der Waals surface area contributed by atoms with Crippen LogP contribution >= 0.6 is 22.6 Å². The zero-order valence-electron chi connectivity index (χ0n) is 11.7. The molecule has 1 aliphatic rings. The predicted molar refractivity (Wildman–Crippen MR) is 82.4 cm³/mol. The van der Waals surface area contributed by atoms with Gasteiger partial charge in [-0.05, 0) is 20.8 Å². The van der Waals surface area contributed by atoms with Crippen molar-refractivity contribution in [3.8, 4) is 5.88 Å². The molecular formula is C13H19IN2O4. The first kappa shape index (κ1) is 15.7. The van der Waals surface area contributed by atoms with E-state index in [1.807, 2.05) is 20.8 Å². The Bertz CT molecular complexity index is 532. The van der Waals surface area contributed by atoms with Crippen LogP contribution in [0, 0.1) is 6.92 Å². The molecule has 0 bridgehead atoms. The van der Waals surface area contributed by atoms with Crippen molar-refractivity contribution in [2.24, 2.45) is 0 Å². The summed E-state index contributed by atoms with van der Waals surface area (Å²) in [4.78, 5) is 16.0. The van der Waals surface area contributed by atoms with Crippen LogP contribution < -0.4 is 10.4 Å². The normalized spacial score (nSPS) is 26.2. The molecule has 0 saturated carbocycles. The number of aromatic nitrogens is 2. The molecule has 1 saturated heterocycles. The summed E-state index contributed by atoms with van der Waals surface area (Å²) < 4.78 is 13.3. The highest BCUT2D eigenvalue weighted by atomic mass is 127. The molecule has 2 heterocycles. The number of hydrogen-bond acceptors (Lipinski definition) is 5. The van der Waals surface area contributed by atoms with Crippen molar-refractivity contribution in [1.82, 2.24) is 9.55 Å². The molecule has 3 atom stereocenters. The van der Waals surface area contributed by atoms with Gasteiger partial charge in [0, 0.05) is 22.6 Å². The van der Waals surface area contributed by atoms with Gasteiger partial charge in [0.15, 0.2) is 0 Å². The van der Waals surface area contributed by atoms with Crippen LogP contribution in [0.25, 0.3) is 0 Å². The Labute approximate surface area is 131 Å². The molecule has 1 N–H and O–H groups in total. The van der Waals surface area contributed by atoms with E-state index in [0.29, 0.717) is 16.7 Å². The van der Waals surface area contributed by atoms with Gasteiger partial charge in [0.25, 0.3) is 0 Å². The van der Waals surface area contributed by atoms with Crippen LogP contribution in [-0.4, -0.2) is 37.4 Å². The molecule has 20 heavy (non-hydrogen) atoms. The van der Waals surface area contributed by atoms with Crippen molar-refractivity contribution in [2.45, 2.75) is 51.7 Å². The monoisotopic (exact) mass is 394 g/mol. The van der Waals surface area contributed by atoms with E-state index < -0.39 is 18.0 Å². The summed E-state index contributed by atoms with van der Waals surface area (Å²) in [6.45, 7) is 5.60. The Morgan fingerprint density at radius 1 is 1.65 bits per heavy atom. The molecule has 1 aromatic heterocycles. The van der Waals surface area contributed by atoms with Crippen LogP contribution in [-0.2, 0) is 4.74 Å². The van der Waals surface area contributed by atoms with Crippen LogP contribution in [0.15, 0.2) is 11.0 Å². The molecule has 7 heteroatoms. The number of aliphatic hydroxyl groups is 1. The van der Waals surface area contributed by atoms with Gasteiger partial charge in [0.05, 0.1) is 18.3 Å². The van der Waals surface area contributed by atoms with Gasteiger partial charge >= 0.3 is 5.69 Å². The van der Waals surface area contributed by atoms with Gasteiger partial charge in [0.1, 0.15) is 6.23 Å². The fourth-order valence-corrected chi connectivity index (χ4v) is 2.92. The summed E-state index contributed by atoms with van der Waals surface area (Å²) >= 11 is 2.16. The van der Waals surface area contributed by atoms with E-state index in [2.05, 4.69) is 27.6 Å². The third-order valence-electron chi connectivity index (χ3n) is 3.10. The Kier molecular flexibility index (Phi) is 5.03. The van der Waals surface area contributed by atoms with Crippen molar-refractivity contribution >= 4 is 22.6 Å². The van der Waals surface area contributed by atoms with E-state index in [1.54, 1.807) is 6.20 Å². The average molecular weight is 394 g/mol. The Morgan fingerprint density at radius 3 is 2.90 bits per heavy atom. The maximum Gasteiger partial charge on any atom is 0.352 e. The van der Waals surface area contributed by atoms with E-state index in [9.17, 15) is 9.90 Å². The maximum absolute atomic E-state index is 12.1. The predicted octanol–water partition coefficient (Wildman–Crippen LogP) is 1.42. The van der Waals surface area contributed by atoms with Crippen molar-refractivity contribution in [3.63, 3.8) is 0 Å². The smallest absolute Gasteiger partial charge is 0.352 e. The van der Waals surface area contributed by atoms with Crippen molar-refractivity contribution in [1.29, 1.82) is 0 Å². The number of ether oxygens (including phenoxy) is 2. The molecule has 1 aromatic rings. The fraction of sp³-hybridized carbons (Fsp3) is 0.692. The highest BCUT2D eigenvalue weighted by molar-refractivity contribution is 14.1. The third kappa shape index (κ3) is 3.32. The van der Waals surface area contributed by atoms with Gasteiger partial charge in [-0.15, -0.1) is 0 Å². The second-order valence-corrected chi connectivity index (χ2v) is 6.05. The van der Waals surface area contributed by atoms with Gasteiger partial charge in [-0.3, -0.25) is 4.57 Å². The Morgan fingerprint density at radius 2 is 2.35 bits per heavy atom. The van der Waals surface area contributed by atoms with E-state index in [0.717, 1.165) is 5.56 Å². The van der Waals surface area contributed by atoms with Crippen LogP contribution in [0.1, 0.15) is 32.1 Å². The number of aliphatic hydroxyl groups excluding tert-OH is 1. The van der Waals surface area contributed by atoms with Gasteiger partial charge in [0.2, 0.25) is 5.88 Å². The first-order valence-electron chi connectivity index (χ1n) is 6.58. The standard InChI is InChI=1S/C13H19IN2O4/c1-7(2)19-12-8(3)6-16(13(18)15-12)11-4-9(17)10(5-14)20-11/h6-7,9-11,17H,4-5H2,1-3H3/t9-,10+,11-/m0/s1. The molecular weight excluding hydrogens is 375 g/mol. The molecule has 112 valence electrons. The van der Waals surface area contributed by atoms with Crippen LogP contribution in [0.2, 0.25) is 0 Å². The van der Waals surface area contributed by atoms with Crippen LogP contribution in [0.3, 0.4) is 0 Å². The number of alkyl halides is 1. The summed E-state index contributed by atoms with van der Waals surface area (Å²) in [5.74, 6) is 0.352. The van der Waals surface area contributed by atoms with E-state index in [1.165, 1.54) is 4.57 Å². The molecule has 0 aromatic carbocycles. The number of rotatable bonds is 4. The van der Waals surface area contributed by atoms with Gasteiger partial charge in [-0.25, -0.2) is 4.79 Å². The lowest BCUT2D eigenvalue weighted by atomic mass is 10.2. The molecule has 2 rings (SSSR count). The molecule has 1 fully saturated rings. The minimum absolute atomic E-state index is 0.0376. The Balaban J connectivity index is 2.26. The highest BCUT2D eigenvalue weighted by Gasteiger charge is 2.34. The minimum atomic E-state index is -0.546. The quantitative estimate of drug-likeness (QED) is 0.618. The zero-order valence-corrected chi connectivity index (χ0v) is 13.9. The zero-order chi connectivity index (χ0) is 14.9. The SMILES string of the molecule is Cc1cn([C@@H]2C[C@H](O)[C@@H](CI)O2)c(=O)nc1OC(C)C. The topological polar surface area (TPSA) is 73.6 Å². The average Bonchev–Trinajstić information content (AvgIpc) is 2.74. The lowest BCUT2D eigenvalue weighted by Gasteiger charge is -2.17. The second kappa shape index (κ2) is 6.40. The lowest BCUT2D eigenvalue weighted by molar-refractivity contribution is -0.00632. The third-order valence-corrected chi connectivity index (χ3v) is 3.97. The van der Waals surface area contributed by atoms with E-state index in [-0.39, 0.29) is 12.2 Å². The number of aryl methyl sites for hydroxylation is 1. The van der Waals surface area contributed by atoms with E-state index >= 15 is 0 Å². The van der Waals surface area contributed by atoms with Gasteiger partial charge in [-0.2, -0.15) is 4.98 Å². The Hall–Kier alpha value is -0.670. The molecule has 0 unspecified atom stereocenters. The number of nitrogens with zero attached hydrogens (tertiary/aromatic N) is 2. The molecule has 0 spiro atoms. The fourth-order valence-electron chi connectivity index (χ4n) is 2.13. The molecule has 0 amide bonds. The van der Waals surface area contributed by atoms with Gasteiger partial charge < -0.3 is 14.6 Å². The summed E-state index contributed by atoms with van der Waals surface area (Å²) in [5, 5.41) is 9.86. The second-order valence-electron chi connectivity index (χ2n) is 5.17. The van der Waals surface area contributed by atoms with Crippen LogP contribution in [0.4, 0.5) is 0 Å². The summed E-state index contributed by atoms with van der Waals surface area (Å²) in [5.41, 5.74) is 0.354. The van der Waals surface area contributed by atoms with E-state index in [4.69, 9.17) is 9.47 Å². The molecule has 0 aliphatic carbocycles. The van der Waals surface area contributed by atoms with Gasteiger partial charge in [-0.1, -0.05) is 22.6 Å². The summed E-state index contributed by atoms with van der Waals surface area (Å²) in [6.07, 6.45) is 0.801. The van der Waals surface area contributed by atoms with Crippen molar-refractivity contribution in [3.05, 3.63) is 22.2 Å². The first-order chi connectivity index (χ1) is 9.42.